The summed E-state index contributed by atoms with van der Waals surface area (Å²) in [5.41, 5.74) is 0. The molecular weight excluding hydrogens is 170 g/mol. The van der Waals surface area contributed by atoms with Crippen LogP contribution in [0.5, 0.6) is 0 Å². The molecule has 4 heteroatoms. The van der Waals surface area contributed by atoms with Gasteiger partial charge in [0, 0.05) is 5.92 Å². The number of nitriles is 1. The Labute approximate surface area is 76.8 Å². The fourth-order valence-electron chi connectivity index (χ4n) is 1.75. The first kappa shape index (κ1) is 10.2. The average Bonchev–Trinajstić information content (AvgIpc) is 2.23. The van der Waals surface area contributed by atoms with Gasteiger partial charge in [-0.15, -0.1) is 0 Å². The van der Waals surface area contributed by atoms with Crippen molar-refractivity contribution < 1.29 is 15.0 Å². The Morgan fingerprint density at radius 1 is 1.23 bits per heavy atom. The number of carbonyl (C=O) groups is 1. The molecule has 0 aromatic carbocycles. The van der Waals surface area contributed by atoms with Gasteiger partial charge in [0.2, 0.25) is 0 Å². The van der Waals surface area contributed by atoms with E-state index in [0.717, 1.165) is 0 Å². The van der Waals surface area contributed by atoms with Gasteiger partial charge in [-0.2, -0.15) is 5.26 Å². The zero-order valence-corrected chi connectivity index (χ0v) is 7.26. The first-order valence-corrected chi connectivity index (χ1v) is 4.38. The first-order valence-electron chi connectivity index (χ1n) is 4.38. The van der Waals surface area contributed by atoms with Crippen LogP contribution in [0.25, 0.3) is 0 Å². The highest BCUT2D eigenvalue weighted by Gasteiger charge is 2.31. The summed E-state index contributed by atoms with van der Waals surface area (Å²) < 4.78 is 0. The molecule has 1 saturated carbocycles. The summed E-state index contributed by atoms with van der Waals surface area (Å²) in [6.07, 6.45) is 0.223. The van der Waals surface area contributed by atoms with Crippen molar-refractivity contribution in [3.8, 4) is 6.07 Å². The molecule has 0 bridgehead atoms. The second kappa shape index (κ2) is 4.35. The van der Waals surface area contributed by atoms with Gasteiger partial charge in [0.15, 0.2) is 0 Å². The Hall–Kier alpha value is -0.920. The van der Waals surface area contributed by atoms with Crippen molar-refractivity contribution in [2.75, 3.05) is 0 Å². The van der Waals surface area contributed by atoms with E-state index in [0.29, 0.717) is 12.7 Å². The third kappa shape index (κ3) is 2.51. The van der Waals surface area contributed by atoms with Crippen molar-refractivity contribution in [1.29, 1.82) is 5.26 Å². The first-order chi connectivity index (χ1) is 6.17. The molecule has 1 aliphatic carbocycles. The fourth-order valence-corrected chi connectivity index (χ4v) is 1.75. The van der Waals surface area contributed by atoms with Gasteiger partial charge in [-0.05, 0) is 19.3 Å². The highest BCUT2D eigenvalue weighted by Crippen LogP contribution is 2.27. The van der Waals surface area contributed by atoms with Gasteiger partial charge in [0.25, 0.3) is 0 Å². The van der Waals surface area contributed by atoms with Crippen molar-refractivity contribution in [3.63, 3.8) is 0 Å². The van der Waals surface area contributed by atoms with Crippen molar-refractivity contribution in [2.24, 2.45) is 11.8 Å². The van der Waals surface area contributed by atoms with Crippen molar-refractivity contribution in [2.45, 2.75) is 31.5 Å². The number of hydrogen-bond donors (Lipinski definition) is 2. The lowest BCUT2D eigenvalue weighted by atomic mass is 9.90. The normalized spacial score (nSPS) is 40.4. The van der Waals surface area contributed by atoms with E-state index in [9.17, 15) is 15.0 Å². The van der Waals surface area contributed by atoms with Gasteiger partial charge in [-0.1, -0.05) is 0 Å². The van der Waals surface area contributed by atoms with Gasteiger partial charge in [0.05, 0.1) is 24.2 Å². The van der Waals surface area contributed by atoms with Gasteiger partial charge in [-0.25, -0.2) is 0 Å². The second-order valence-corrected chi connectivity index (χ2v) is 3.55. The van der Waals surface area contributed by atoms with E-state index >= 15 is 0 Å². The van der Waals surface area contributed by atoms with E-state index in [2.05, 4.69) is 0 Å². The molecule has 0 radical (unpaired) electrons. The lowest BCUT2D eigenvalue weighted by Gasteiger charge is -2.13. The third-order valence-corrected chi connectivity index (χ3v) is 2.47. The zero-order chi connectivity index (χ0) is 9.84. The molecule has 1 aliphatic rings. The highest BCUT2D eigenvalue weighted by atomic mass is 16.3. The molecule has 4 unspecified atom stereocenters. The molecule has 1 fully saturated rings. The van der Waals surface area contributed by atoms with E-state index < -0.39 is 24.0 Å². The van der Waals surface area contributed by atoms with Crippen LogP contribution in [0.15, 0.2) is 0 Å². The van der Waals surface area contributed by atoms with Crippen LogP contribution in [-0.2, 0) is 4.79 Å². The second-order valence-electron chi connectivity index (χ2n) is 3.55. The Balaban J connectivity index is 2.72. The Morgan fingerprint density at radius 2 is 1.85 bits per heavy atom. The highest BCUT2D eigenvalue weighted by molar-refractivity contribution is 5.55. The number of carbonyl (C=O) groups excluding carboxylic acids is 1. The molecule has 72 valence electrons. The minimum Gasteiger partial charge on any atom is -0.393 e. The molecule has 0 saturated heterocycles. The predicted octanol–water partition coefficient (Wildman–Crippen LogP) is -0.153. The van der Waals surface area contributed by atoms with E-state index in [-0.39, 0.29) is 12.8 Å². The minimum atomic E-state index is -0.663. The molecule has 0 aliphatic heterocycles. The van der Waals surface area contributed by atoms with E-state index in [1.807, 2.05) is 6.07 Å². The number of aliphatic hydroxyl groups is 2. The van der Waals surface area contributed by atoms with Crippen LogP contribution in [0.3, 0.4) is 0 Å². The smallest absolute Gasteiger partial charge is 0.124 e. The Bertz CT molecular complexity index is 223. The van der Waals surface area contributed by atoms with Crippen LogP contribution in [0, 0.1) is 23.2 Å². The number of nitrogens with zero attached hydrogens (tertiary/aromatic N) is 1. The summed E-state index contributed by atoms with van der Waals surface area (Å²) in [4.78, 5) is 10.6. The molecule has 2 N–H and O–H groups in total. The molecular formula is C9H13NO3. The summed E-state index contributed by atoms with van der Waals surface area (Å²) in [5.74, 6) is -0.887. The van der Waals surface area contributed by atoms with Gasteiger partial charge in [-0.3, -0.25) is 0 Å². The summed E-state index contributed by atoms with van der Waals surface area (Å²) in [7, 11) is 0. The van der Waals surface area contributed by atoms with E-state index in [1.165, 1.54) is 0 Å². The maximum absolute atomic E-state index is 10.6. The predicted molar refractivity (Wildman–Crippen MR) is 44.5 cm³/mol. The van der Waals surface area contributed by atoms with Crippen LogP contribution in [0.4, 0.5) is 0 Å². The Morgan fingerprint density at radius 3 is 2.38 bits per heavy atom. The molecule has 0 aromatic rings. The molecule has 1 rings (SSSR count). The number of rotatable bonds is 1. The standard InChI is InChI=1S/C9H13NO3/c10-4-6-1-8(12)3-9(13)2-7(6)5-11/h5-9,12-13H,1-3H2. The SMILES string of the molecule is N#CC1CC(O)CC(O)CC1C=O. The van der Waals surface area contributed by atoms with Crippen molar-refractivity contribution in [1.82, 2.24) is 0 Å². The van der Waals surface area contributed by atoms with Crippen molar-refractivity contribution in [3.05, 3.63) is 0 Å². The maximum Gasteiger partial charge on any atom is 0.124 e. The van der Waals surface area contributed by atoms with E-state index in [1.54, 1.807) is 0 Å². The molecule has 0 heterocycles. The molecule has 0 spiro atoms. The quantitative estimate of drug-likeness (QED) is 0.437. The summed E-state index contributed by atoms with van der Waals surface area (Å²) in [5, 5.41) is 27.4. The lowest BCUT2D eigenvalue weighted by molar-refractivity contribution is -0.112. The van der Waals surface area contributed by atoms with Gasteiger partial charge >= 0.3 is 0 Å². The van der Waals surface area contributed by atoms with E-state index in [4.69, 9.17) is 5.26 Å². The summed E-state index contributed by atoms with van der Waals surface area (Å²) in [6, 6.07) is 1.99. The van der Waals surface area contributed by atoms with Crippen LogP contribution >= 0.6 is 0 Å². The maximum atomic E-state index is 10.6. The molecule has 0 aromatic heterocycles. The summed E-state index contributed by atoms with van der Waals surface area (Å²) in [6.45, 7) is 0. The zero-order valence-electron chi connectivity index (χ0n) is 7.26. The fraction of sp³-hybridized carbons (Fsp3) is 0.778. The number of aliphatic hydroxyl groups excluding tert-OH is 2. The average molecular weight is 183 g/mol. The molecule has 4 nitrogen and oxygen atoms in total. The van der Waals surface area contributed by atoms with Gasteiger partial charge in [0.1, 0.15) is 6.29 Å². The largest absolute Gasteiger partial charge is 0.393 e. The van der Waals surface area contributed by atoms with Crippen LogP contribution in [-0.4, -0.2) is 28.7 Å². The van der Waals surface area contributed by atoms with Crippen molar-refractivity contribution >= 4 is 6.29 Å². The lowest BCUT2D eigenvalue weighted by Crippen LogP contribution is -2.17. The molecule has 4 atom stereocenters. The number of aldehydes is 1. The topological polar surface area (TPSA) is 81.3 Å². The molecule has 0 amide bonds. The Kier molecular flexibility index (Phi) is 3.40. The van der Waals surface area contributed by atoms with Crippen LogP contribution in [0.2, 0.25) is 0 Å². The monoisotopic (exact) mass is 183 g/mol. The van der Waals surface area contributed by atoms with Crippen LogP contribution < -0.4 is 0 Å². The minimum absolute atomic E-state index is 0.266. The van der Waals surface area contributed by atoms with Gasteiger partial charge < -0.3 is 15.0 Å². The summed E-state index contributed by atoms with van der Waals surface area (Å²) >= 11 is 0. The third-order valence-electron chi connectivity index (χ3n) is 2.47. The number of hydrogen-bond acceptors (Lipinski definition) is 4. The van der Waals surface area contributed by atoms with Crippen LogP contribution in [0.1, 0.15) is 19.3 Å². The molecule has 13 heavy (non-hydrogen) atoms.